The first-order valence-electron chi connectivity index (χ1n) is 11.4. The third-order valence-corrected chi connectivity index (χ3v) is 8.85. The number of benzene rings is 2. The minimum absolute atomic E-state index is 0.0418. The molecule has 2 aromatic carbocycles. The van der Waals surface area contributed by atoms with Gasteiger partial charge in [0.15, 0.2) is 9.84 Å². The van der Waals surface area contributed by atoms with Crippen LogP contribution < -0.4 is 10.2 Å². The van der Waals surface area contributed by atoms with Crippen molar-refractivity contribution in [2.45, 2.75) is 30.7 Å². The van der Waals surface area contributed by atoms with Crippen molar-refractivity contribution < 1.29 is 18.0 Å². The van der Waals surface area contributed by atoms with Crippen LogP contribution >= 0.6 is 22.9 Å². The van der Waals surface area contributed by atoms with E-state index in [0.29, 0.717) is 34.2 Å². The molecule has 36 heavy (non-hydrogen) atoms. The van der Waals surface area contributed by atoms with Gasteiger partial charge < -0.3 is 15.2 Å². The third-order valence-electron chi connectivity index (χ3n) is 6.00. The molecule has 1 aliphatic heterocycles. The topological polar surface area (TPSA) is 112 Å². The van der Waals surface area contributed by atoms with Crippen LogP contribution in [0.2, 0.25) is 4.34 Å². The van der Waals surface area contributed by atoms with Gasteiger partial charge in [-0.15, -0.1) is 11.3 Å². The van der Waals surface area contributed by atoms with Crippen LogP contribution in [-0.2, 0) is 26.0 Å². The number of hydrogen-bond donors (Lipinski definition) is 2. The van der Waals surface area contributed by atoms with Gasteiger partial charge in [0.1, 0.15) is 11.6 Å². The highest BCUT2D eigenvalue weighted by Crippen LogP contribution is 2.31. The molecule has 0 radical (unpaired) electrons. The number of amides is 2. The van der Waals surface area contributed by atoms with Crippen LogP contribution in [0.4, 0.5) is 5.69 Å². The number of sulfone groups is 1. The molecule has 2 aromatic heterocycles. The summed E-state index contributed by atoms with van der Waals surface area (Å²) in [5.74, 6) is -0.540. The Morgan fingerprint density at radius 1 is 1.11 bits per heavy atom. The number of rotatable bonds is 7. The quantitative estimate of drug-likeness (QED) is 0.356. The molecule has 2 N–H and O–H groups in total. The maximum atomic E-state index is 12.9. The van der Waals surface area contributed by atoms with Gasteiger partial charge in [-0.2, -0.15) is 0 Å². The lowest BCUT2D eigenvalue weighted by Gasteiger charge is -2.26. The SMILES string of the molecule is O=C(CS(=O)(=O)c1ccc2nc(-c3ccc(Cl)s3)[nH]c2c1)NCc1ccc(N2CCCCC2=O)cc1. The van der Waals surface area contributed by atoms with E-state index in [-0.39, 0.29) is 17.3 Å². The number of fused-ring (bicyclic) bond motifs is 1. The average molecular weight is 543 g/mol. The lowest BCUT2D eigenvalue weighted by atomic mass is 10.1. The molecule has 2 amide bonds. The summed E-state index contributed by atoms with van der Waals surface area (Å²) in [7, 11) is -3.86. The van der Waals surface area contributed by atoms with E-state index in [4.69, 9.17) is 11.6 Å². The first-order chi connectivity index (χ1) is 17.3. The average Bonchev–Trinajstić information content (AvgIpc) is 3.49. The van der Waals surface area contributed by atoms with Crippen molar-refractivity contribution in [3.8, 4) is 10.7 Å². The van der Waals surface area contributed by atoms with Crippen LogP contribution in [0, 0.1) is 0 Å². The predicted octanol–water partition coefficient (Wildman–Crippen LogP) is 4.55. The summed E-state index contributed by atoms with van der Waals surface area (Å²) in [6.45, 7) is 0.899. The second kappa shape index (κ2) is 10.0. The van der Waals surface area contributed by atoms with Gasteiger partial charge in [0, 0.05) is 25.2 Å². The Bertz CT molecular complexity index is 1540. The van der Waals surface area contributed by atoms with Crippen molar-refractivity contribution in [2.75, 3.05) is 17.2 Å². The summed E-state index contributed by atoms with van der Waals surface area (Å²) < 4.78 is 26.4. The standard InChI is InChI=1S/C25H23ClN4O4S2/c26-22-11-10-21(35-22)25-28-19-9-8-18(13-20(19)29-25)36(33,34)15-23(31)27-14-16-4-6-17(7-5-16)30-12-2-1-3-24(30)32/h4-11,13H,1-3,12,14-15H2,(H,27,31)(H,28,29). The first-order valence-corrected chi connectivity index (χ1v) is 14.3. The molecule has 0 atom stereocenters. The third kappa shape index (κ3) is 5.30. The fraction of sp³-hybridized carbons (Fsp3) is 0.240. The van der Waals surface area contributed by atoms with Gasteiger partial charge in [0.05, 0.1) is 25.1 Å². The van der Waals surface area contributed by atoms with Gasteiger partial charge in [-0.05, 0) is 60.9 Å². The Morgan fingerprint density at radius 3 is 2.64 bits per heavy atom. The van der Waals surface area contributed by atoms with E-state index in [9.17, 15) is 18.0 Å². The molecule has 1 fully saturated rings. The Kier molecular flexibility index (Phi) is 6.83. The predicted molar refractivity (Wildman–Crippen MR) is 141 cm³/mol. The molecule has 1 saturated heterocycles. The number of aromatic nitrogens is 2. The van der Waals surface area contributed by atoms with Crippen molar-refractivity contribution >= 4 is 61.3 Å². The van der Waals surface area contributed by atoms with Crippen molar-refractivity contribution in [1.29, 1.82) is 0 Å². The minimum atomic E-state index is -3.86. The van der Waals surface area contributed by atoms with Crippen molar-refractivity contribution in [3.05, 3.63) is 64.5 Å². The Labute approximate surface area is 217 Å². The molecule has 0 bridgehead atoms. The number of nitrogens with zero attached hydrogens (tertiary/aromatic N) is 2. The first kappa shape index (κ1) is 24.5. The van der Waals surface area contributed by atoms with E-state index in [1.807, 2.05) is 30.3 Å². The highest BCUT2D eigenvalue weighted by molar-refractivity contribution is 7.92. The molecular weight excluding hydrogens is 520 g/mol. The van der Waals surface area contributed by atoms with E-state index in [1.165, 1.54) is 23.5 Å². The maximum absolute atomic E-state index is 12.9. The molecule has 8 nitrogen and oxygen atoms in total. The van der Waals surface area contributed by atoms with Gasteiger partial charge in [0.2, 0.25) is 11.8 Å². The van der Waals surface area contributed by atoms with E-state index in [1.54, 1.807) is 17.0 Å². The molecule has 0 saturated carbocycles. The number of thiophene rings is 1. The number of aromatic amines is 1. The number of halogens is 1. The van der Waals surface area contributed by atoms with Crippen LogP contribution in [0.5, 0.6) is 0 Å². The Morgan fingerprint density at radius 2 is 1.92 bits per heavy atom. The molecule has 0 aliphatic carbocycles. The van der Waals surface area contributed by atoms with Crippen LogP contribution in [-0.4, -0.2) is 42.5 Å². The zero-order valence-electron chi connectivity index (χ0n) is 19.2. The molecule has 3 heterocycles. The zero-order chi connectivity index (χ0) is 25.3. The van der Waals surface area contributed by atoms with Crippen molar-refractivity contribution in [3.63, 3.8) is 0 Å². The lowest BCUT2D eigenvalue weighted by Crippen LogP contribution is -2.35. The molecule has 186 valence electrons. The molecule has 11 heteroatoms. The molecule has 5 rings (SSSR count). The number of carbonyl (C=O) groups excluding carboxylic acids is 2. The molecule has 0 spiro atoms. The van der Waals surface area contributed by atoms with E-state index >= 15 is 0 Å². The van der Waals surface area contributed by atoms with E-state index in [0.717, 1.165) is 29.0 Å². The maximum Gasteiger partial charge on any atom is 0.235 e. The van der Waals surface area contributed by atoms with Gasteiger partial charge in [-0.3, -0.25) is 9.59 Å². The zero-order valence-corrected chi connectivity index (χ0v) is 21.5. The number of nitrogens with one attached hydrogen (secondary N) is 2. The van der Waals surface area contributed by atoms with Crippen LogP contribution in [0.1, 0.15) is 24.8 Å². The number of anilines is 1. The summed E-state index contributed by atoms with van der Waals surface area (Å²) in [4.78, 5) is 34.8. The number of hydrogen-bond acceptors (Lipinski definition) is 6. The largest absolute Gasteiger partial charge is 0.351 e. The number of carbonyl (C=O) groups is 2. The Hall–Kier alpha value is -3.21. The fourth-order valence-corrected chi connectivity index (χ4v) is 6.30. The number of H-pyrrole nitrogens is 1. The molecular formula is C25H23ClN4O4S2. The summed E-state index contributed by atoms with van der Waals surface area (Å²) in [6, 6.07) is 15.5. The van der Waals surface area contributed by atoms with Gasteiger partial charge in [0.25, 0.3) is 0 Å². The fourth-order valence-electron chi connectivity index (χ4n) is 4.12. The van der Waals surface area contributed by atoms with E-state index < -0.39 is 21.5 Å². The van der Waals surface area contributed by atoms with Crippen molar-refractivity contribution in [1.82, 2.24) is 15.3 Å². The lowest BCUT2D eigenvalue weighted by molar-refractivity contribution is -0.120. The summed E-state index contributed by atoms with van der Waals surface area (Å²) in [5, 5.41) is 2.67. The Balaban J connectivity index is 1.22. The molecule has 1 aliphatic rings. The van der Waals surface area contributed by atoms with Gasteiger partial charge in [-0.1, -0.05) is 23.7 Å². The van der Waals surface area contributed by atoms with E-state index in [2.05, 4.69) is 15.3 Å². The van der Waals surface area contributed by atoms with Gasteiger partial charge >= 0.3 is 0 Å². The number of piperidine rings is 1. The summed E-state index contributed by atoms with van der Waals surface area (Å²) in [6.07, 6.45) is 2.46. The van der Waals surface area contributed by atoms with Crippen LogP contribution in [0.15, 0.2) is 59.5 Å². The van der Waals surface area contributed by atoms with Crippen LogP contribution in [0.3, 0.4) is 0 Å². The number of imidazole rings is 1. The molecule has 4 aromatic rings. The van der Waals surface area contributed by atoms with Gasteiger partial charge in [-0.25, -0.2) is 13.4 Å². The monoisotopic (exact) mass is 542 g/mol. The smallest absolute Gasteiger partial charge is 0.235 e. The highest BCUT2D eigenvalue weighted by atomic mass is 35.5. The second-order valence-electron chi connectivity index (χ2n) is 8.57. The highest BCUT2D eigenvalue weighted by Gasteiger charge is 2.21. The summed E-state index contributed by atoms with van der Waals surface area (Å²) in [5.41, 5.74) is 2.82. The van der Waals surface area contributed by atoms with Crippen molar-refractivity contribution in [2.24, 2.45) is 0 Å². The summed E-state index contributed by atoms with van der Waals surface area (Å²) >= 11 is 7.37. The molecule has 0 unspecified atom stereocenters. The second-order valence-corrected chi connectivity index (χ2v) is 12.3. The normalized spacial score (nSPS) is 14.4. The van der Waals surface area contributed by atoms with Crippen LogP contribution in [0.25, 0.3) is 21.7 Å². The minimum Gasteiger partial charge on any atom is -0.351 e.